The van der Waals surface area contributed by atoms with Crippen molar-refractivity contribution in [2.75, 3.05) is 19.7 Å². The van der Waals surface area contributed by atoms with Crippen LogP contribution in [0.5, 0.6) is 0 Å². The number of pyridine rings is 1. The second kappa shape index (κ2) is 10.6. The van der Waals surface area contributed by atoms with Gasteiger partial charge in [-0.2, -0.15) is 0 Å². The molecule has 1 unspecified atom stereocenters. The van der Waals surface area contributed by atoms with E-state index in [-0.39, 0.29) is 6.10 Å². The molecule has 2 aromatic rings. The molecule has 0 amide bonds. The average molecular weight is 443 g/mol. The number of carboxylic acid groups (broad SMARTS) is 1. The molecule has 2 aliphatic rings. The maximum absolute atomic E-state index is 11.9. The lowest BCUT2D eigenvalue weighted by Gasteiger charge is -2.24. The largest absolute Gasteiger partial charge is 0.480 e. The van der Waals surface area contributed by atoms with Gasteiger partial charge in [0.15, 0.2) is 0 Å². The molecule has 1 N–H and O–H groups in total. The summed E-state index contributed by atoms with van der Waals surface area (Å²) < 4.78 is 6.07. The highest BCUT2D eigenvalue weighted by molar-refractivity contribution is 6.30. The number of likely N-dealkylation sites (tertiary alicyclic amines) is 1. The Labute approximate surface area is 189 Å². The van der Waals surface area contributed by atoms with Gasteiger partial charge in [0.25, 0.3) is 0 Å². The van der Waals surface area contributed by atoms with E-state index in [0.717, 1.165) is 37.7 Å². The van der Waals surface area contributed by atoms with Crippen LogP contribution in [-0.2, 0) is 28.8 Å². The summed E-state index contributed by atoms with van der Waals surface area (Å²) in [6.07, 6.45) is 8.83. The lowest BCUT2D eigenvalue weighted by Crippen LogP contribution is -2.33. The minimum atomic E-state index is -0.847. The summed E-state index contributed by atoms with van der Waals surface area (Å²) in [6.45, 7) is 2.06. The molecule has 2 atom stereocenters. The molecule has 1 fully saturated rings. The third kappa shape index (κ3) is 5.85. The number of nitrogens with zero attached hydrogens (tertiary/aromatic N) is 2. The summed E-state index contributed by atoms with van der Waals surface area (Å²) in [4.78, 5) is 18.7. The van der Waals surface area contributed by atoms with Crippen molar-refractivity contribution in [3.63, 3.8) is 0 Å². The number of aliphatic carboxylic acids is 1. The zero-order chi connectivity index (χ0) is 21.6. The summed E-state index contributed by atoms with van der Waals surface area (Å²) in [6, 6.07) is 10.9. The highest BCUT2D eigenvalue weighted by atomic mass is 35.5. The minimum Gasteiger partial charge on any atom is -0.480 e. The number of hydrogen-bond donors (Lipinski definition) is 1. The van der Waals surface area contributed by atoms with E-state index in [1.165, 1.54) is 36.2 Å². The third-order valence-corrected chi connectivity index (χ3v) is 6.59. The van der Waals surface area contributed by atoms with Gasteiger partial charge in [-0.3, -0.25) is 14.7 Å². The fourth-order valence-corrected chi connectivity index (χ4v) is 4.93. The van der Waals surface area contributed by atoms with Crippen LogP contribution in [0.1, 0.15) is 60.7 Å². The molecule has 0 spiro atoms. The Kier molecular flexibility index (Phi) is 7.59. The number of ether oxygens (including phenoxy) is 1. The lowest BCUT2D eigenvalue weighted by molar-refractivity contribution is -0.143. The summed E-state index contributed by atoms with van der Waals surface area (Å²) in [5.41, 5.74) is 4.65. The first-order valence-electron chi connectivity index (χ1n) is 11.4. The van der Waals surface area contributed by atoms with Gasteiger partial charge in [-0.05, 0) is 80.7 Å². The number of aryl methyl sites for hydroxylation is 3. The molecule has 5 nitrogen and oxygen atoms in total. The molecule has 166 valence electrons. The van der Waals surface area contributed by atoms with Crippen LogP contribution >= 0.6 is 11.6 Å². The number of rotatable bonds is 9. The Bertz CT molecular complexity index is 904. The molecule has 1 aromatic carbocycles. The van der Waals surface area contributed by atoms with Crippen LogP contribution in [0.25, 0.3) is 0 Å². The van der Waals surface area contributed by atoms with Gasteiger partial charge < -0.3 is 9.84 Å². The van der Waals surface area contributed by atoms with Crippen LogP contribution in [0, 0.1) is 0 Å². The molecule has 1 aliphatic heterocycles. The number of benzene rings is 1. The van der Waals surface area contributed by atoms with Gasteiger partial charge in [0.1, 0.15) is 6.04 Å². The van der Waals surface area contributed by atoms with Crippen LogP contribution in [0.3, 0.4) is 0 Å². The Morgan fingerprint density at radius 1 is 1.23 bits per heavy atom. The van der Waals surface area contributed by atoms with E-state index in [1.54, 1.807) is 18.2 Å². The van der Waals surface area contributed by atoms with Gasteiger partial charge in [-0.25, -0.2) is 0 Å². The first kappa shape index (κ1) is 22.3. The fraction of sp³-hybridized carbons (Fsp3) is 0.520. The van der Waals surface area contributed by atoms with Crippen LogP contribution in [-0.4, -0.2) is 46.8 Å². The second-order valence-electron chi connectivity index (χ2n) is 8.64. The number of fused-ring (bicyclic) bond motifs is 1. The van der Waals surface area contributed by atoms with Crippen molar-refractivity contribution in [2.45, 2.75) is 63.5 Å². The summed E-state index contributed by atoms with van der Waals surface area (Å²) in [5, 5.41) is 10.3. The molecule has 1 aromatic heterocycles. The van der Waals surface area contributed by atoms with E-state index in [1.807, 2.05) is 11.0 Å². The molecule has 4 rings (SSSR count). The van der Waals surface area contributed by atoms with Gasteiger partial charge in [0, 0.05) is 36.1 Å². The smallest absolute Gasteiger partial charge is 0.325 e. The van der Waals surface area contributed by atoms with E-state index in [4.69, 9.17) is 21.3 Å². The predicted octanol–water partition coefficient (Wildman–Crippen LogP) is 4.85. The fourth-order valence-electron chi connectivity index (χ4n) is 4.74. The van der Waals surface area contributed by atoms with Crippen molar-refractivity contribution in [2.24, 2.45) is 0 Å². The zero-order valence-electron chi connectivity index (χ0n) is 17.9. The molecular formula is C25H31ClN2O3. The molecular weight excluding hydrogens is 412 g/mol. The predicted molar refractivity (Wildman–Crippen MR) is 122 cm³/mol. The SMILES string of the molecule is O=C(O)C(c1cccc(Cl)c1)N1CC[C@@H](OCCCCc2ccc3c(n2)CCCC3)C1. The van der Waals surface area contributed by atoms with E-state index < -0.39 is 12.0 Å². The van der Waals surface area contributed by atoms with Gasteiger partial charge in [0.05, 0.1) is 6.10 Å². The maximum Gasteiger partial charge on any atom is 0.325 e. The van der Waals surface area contributed by atoms with Gasteiger partial charge >= 0.3 is 5.97 Å². The van der Waals surface area contributed by atoms with E-state index in [2.05, 4.69) is 12.1 Å². The quantitative estimate of drug-likeness (QED) is 0.562. The van der Waals surface area contributed by atoms with E-state index >= 15 is 0 Å². The first-order chi connectivity index (χ1) is 15.1. The van der Waals surface area contributed by atoms with Crippen molar-refractivity contribution in [1.82, 2.24) is 9.88 Å². The van der Waals surface area contributed by atoms with Gasteiger partial charge in [-0.1, -0.05) is 29.8 Å². The first-order valence-corrected chi connectivity index (χ1v) is 11.8. The molecule has 31 heavy (non-hydrogen) atoms. The number of unbranched alkanes of at least 4 members (excludes halogenated alkanes) is 1. The third-order valence-electron chi connectivity index (χ3n) is 6.36. The molecule has 2 heterocycles. The van der Waals surface area contributed by atoms with E-state index in [9.17, 15) is 9.90 Å². The Hall–Kier alpha value is -1.95. The normalized spacial score (nSPS) is 19.8. The Morgan fingerprint density at radius 3 is 2.94 bits per heavy atom. The van der Waals surface area contributed by atoms with Crippen molar-refractivity contribution >= 4 is 17.6 Å². The van der Waals surface area contributed by atoms with Crippen molar-refractivity contribution in [3.05, 3.63) is 63.9 Å². The van der Waals surface area contributed by atoms with Crippen molar-refractivity contribution in [3.8, 4) is 0 Å². The topological polar surface area (TPSA) is 62.7 Å². The number of halogens is 1. The minimum absolute atomic E-state index is 0.0860. The van der Waals surface area contributed by atoms with Crippen molar-refractivity contribution < 1.29 is 14.6 Å². The number of carboxylic acids is 1. The van der Waals surface area contributed by atoms with E-state index in [0.29, 0.717) is 24.7 Å². The average Bonchev–Trinajstić information content (AvgIpc) is 3.21. The van der Waals surface area contributed by atoms with Gasteiger partial charge in [0.2, 0.25) is 0 Å². The molecule has 0 bridgehead atoms. The van der Waals surface area contributed by atoms with Crippen LogP contribution in [0.15, 0.2) is 36.4 Å². The summed E-state index contributed by atoms with van der Waals surface area (Å²) in [5.74, 6) is -0.847. The second-order valence-corrected chi connectivity index (χ2v) is 9.08. The Morgan fingerprint density at radius 2 is 2.10 bits per heavy atom. The van der Waals surface area contributed by atoms with Crippen molar-refractivity contribution in [1.29, 1.82) is 0 Å². The summed E-state index contributed by atoms with van der Waals surface area (Å²) >= 11 is 6.07. The summed E-state index contributed by atoms with van der Waals surface area (Å²) in [7, 11) is 0. The monoisotopic (exact) mass is 442 g/mol. The highest BCUT2D eigenvalue weighted by Crippen LogP contribution is 2.28. The van der Waals surface area contributed by atoms with Crippen LogP contribution in [0.4, 0.5) is 0 Å². The molecule has 0 radical (unpaired) electrons. The number of hydrogen-bond acceptors (Lipinski definition) is 4. The zero-order valence-corrected chi connectivity index (χ0v) is 18.7. The molecule has 1 saturated heterocycles. The highest BCUT2D eigenvalue weighted by Gasteiger charge is 2.34. The maximum atomic E-state index is 11.9. The van der Waals surface area contributed by atoms with Gasteiger partial charge in [-0.15, -0.1) is 0 Å². The number of carbonyl (C=O) groups is 1. The molecule has 6 heteroatoms. The lowest BCUT2D eigenvalue weighted by atomic mass is 9.95. The molecule has 1 aliphatic carbocycles. The number of aromatic nitrogens is 1. The van der Waals surface area contributed by atoms with Crippen LogP contribution in [0.2, 0.25) is 5.02 Å². The standard InChI is InChI=1S/C25H31ClN2O3/c26-20-8-5-7-19(16-20)24(25(29)30)28-14-13-22(17-28)31-15-4-3-9-21-12-11-18-6-1-2-10-23(18)27-21/h5,7-8,11-12,16,22,24H,1-4,6,9-10,13-15,17H2,(H,29,30)/t22-,24?/m1/s1. The Balaban J connectivity index is 1.20. The molecule has 0 saturated carbocycles. The van der Waals surface area contributed by atoms with Crippen LogP contribution < -0.4 is 0 Å².